The van der Waals surface area contributed by atoms with Crippen molar-refractivity contribution in [3.8, 4) is 0 Å². The first-order valence-electron chi connectivity index (χ1n) is 6.81. The van der Waals surface area contributed by atoms with E-state index in [1.807, 2.05) is 13.0 Å². The number of nitrogens with one attached hydrogen (secondary N) is 2. The van der Waals surface area contributed by atoms with Crippen LogP contribution >= 0.6 is 0 Å². The third-order valence-corrected chi connectivity index (χ3v) is 4.07. The predicted molar refractivity (Wildman–Crippen MR) is 87.3 cm³/mol. The molecule has 0 atom stereocenters. The average molecular weight is 309 g/mol. The molecule has 0 aliphatic heterocycles. The molecule has 0 aromatic heterocycles. The molecule has 6 heteroatoms. The van der Waals surface area contributed by atoms with E-state index >= 15 is 0 Å². The van der Waals surface area contributed by atoms with Crippen molar-refractivity contribution in [3.63, 3.8) is 0 Å². The molecule has 0 bridgehead atoms. The summed E-state index contributed by atoms with van der Waals surface area (Å²) in [4.78, 5) is 4.82. The fraction of sp³-hybridized carbons (Fsp3) is 0.400. The summed E-state index contributed by atoms with van der Waals surface area (Å²) in [5.74, 6) is 0.710. The second-order valence-electron chi connectivity index (χ2n) is 4.74. The molecule has 1 rings (SSSR count). The van der Waals surface area contributed by atoms with Crippen molar-refractivity contribution >= 4 is 15.8 Å². The van der Waals surface area contributed by atoms with E-state index in [9.17, 15) is 8.42 Å². The summed E-state index contributed by atoms with van der Waals surface area (Å²) in [6.45, 7) is 9.34. The van der Waals surface area contributed by atoms with Gasteiger partial charge in [0, 0.05) is 19.3 Å². The molecule has 0 amide bonds. The van der Waals surface area contributed by atoms with Crippen LogP contribution in [0, 0.1) is 6.92 Å². The van der Waals surface area contributed by atoms with Crippen molar-refractivity contribution in [2.24, 2.45) is 4.99 Å². The summed E-state index contributed by atoms with van der Waals surface area (Å²) in [7, 11) is -3.17. The lowest BCUT2D eigenvalue weighted by Crippen LogP contribution is -2.37. The Labute approximate surface area is 127 Å². The van der Waals surface area contributed by atoms with E-state index in [4.69, 9.17) is 0 Å². The highest BCUT2D eigenvalue weighted by molar-refractivity contribution is 7.90. The van der Waals surface area contributed by atoms with Gasteiger partial charge in [0.15, 0.2) is 15.8 Å². The summed E-state index contributed by atoms with van der Waals surface area (Å²) in [5, 5.41) is 6.25. The molecule has 0 heterocycles. The quantitative estimate of drug-likeness (QED) is 0.476. The Hall–Kier alpha value is -1.82. The zero-order valence-electron chi connectivity index (χ0n) is 12.8. The summed E-state index contributed by atoms with van der Waals surface area (Å²) in [6, 6.07) is 5.29. The molecule has 116 valence electrons. The van der Waals surface area contributed by atoms with Crippen LogP contribution in [0.2, 0.25) is 0 Å². The second-order valence-corrected chi connectivity index (χ2v) is 6.72. The summed E-state index contributed by atoms with van der Waals surface area (Å²) < 4.78 is 23.2. The maximum Gasteiger partial charge on any atom is 0.191 e. The van der Waals surface area contributed by atoms with Gasteiger partial charge in [0.2, 0.25) is 0 Å². The summed E-state index contributed by atoms with van der Waals surface area (Å²) in [5.41, 5.74) is 1.71. The smallest absolute Gasteiger partial charge is 0.191 e. The van der Waals surface area contributed by atoms with E-state index in [0.717, 1.165) is 17.7 Å². The molecule has 0 saturated carbocycles. The minimum Gasteiger partial charge on any atom is -0.357 e. The molecule has 1 aromatic rings. The first-order chi connectivity index (χ1) is 9.88. The minimum atomic E-state index is -3.17. The third kappa shape index (κ3) is 5.59. The number of nitrogens with zero attached hydrogens (tertiary/aromatic N) is 1. The van der Waals surface area contributed by atoms with E-state index in [1.54, 1.807) is 25.1 Å². The first-order valence-corrected chi connectivity index (χ1v) is 8.70. The van der Waals surface area contributed by atoms with Gasteiger partial charge < -0.3 is 10.6 Å². The number of benzene rings is 1. The van der Waals surface area contributed by atoms with Crippen LogP contribution in [0.3, 0.4) is 0 Å². The molecule has 0 radical (unpaired) electrons. The number of rotatable bonds is 6. The molecular weight excluding hydrogens is 286 g/mol. The molecule has 2 N–H and O–H groups in total. The Morgan fingerprint density at radius 3 is 2.62 bits per heavy atom. The summed E-state index contributed by atoms with van der Waals surface area (Å²) >= 11 is 0. The van der Waals surface area contributed by atoms with Crippen molar-refractivity contribution in [2.75, 3.05) is 19.3 Å². The van der Waals surface area contributed by atoms with Crippen LogP contribution in [0.1, 0.15) is 18.1 Å². The predicted octanol–water partition coefficient (Wildman–Crippen LogP) is 1.64. The number of hydrogen-bond donors (Lipinski definition) is 2. The molecule has 0 spiro atoms. The first kappa shape index (κ1) is 17.2. The normalized spacial score (nSPS) is 12.0. The van der Waals surface area contributed by atoms with E-state index in [-0.39, 0.29) is 0 Å². The zero-order chi connectivity index (χ0) is 15.9. The largest absolute Gasteiger partial charge is 0.357 e. The van der Waals surface area contributed by atoms with Crippen LogP contribution in [-0.4, -0.2) is 33.7 Å². The van der Waals surface area contributed by atoms with E-state index in [0.29, 0.717) is 23.9 Å². The third-order valence-electron chi connectivity index (χ3n) is 2.82. The van der Waals surface area contributed by atoms with Gasteiger partial charge in [-0.15, -0.1) is 6.58 Å². The Morgan fingerprint density at radius 2 is 2.10 bits per heavy atom. The number of aliphatic imine (C=N–C) groups is 1. The fourth-order valence-corrected chi connectivity index (χ4v) is 2.87. The highest BCUT2D eigenvalue weighted by atomic mass is 32.2. The van der Waals surface area contributed by atoms with Crippen molar-refractivity contribution in [1.29, 1.82) is 0 Å². The fourth-order valence-electron chi connectivity index (χ4n) is 1.91. The van der Waals surface area contributed by atoms with Gasteiger partial charge in [-0.1, -0.05) is 18.2 Å². The lowest BCUT2D eigenvalue weighted by atomic mass is 10.1. The molecule has 0 saturated heterocycles. The molecule has 5 nitrogen and oxygen atoms in total. The lowest BCUT2D eigenvalue weighted by Gasteiger charge is -2.10. The van der Waals surface area contributed by atoms with Gasteiger partial charge in [-0.3, -0.25) is 0 Å². The molecule has 0 aliphatic rings. The standard InChI is InChI=1S/C15H23N3O2S/c1-5-9-17-15(16-6-2)18-11-13-7-8-14(12(3)10-13)21(4,19)20/h5,7-8,10H,1,6,9,11H2,2-4H3,(H2,16,17,18). The number of hydrogen-bond acceptors (Lipinski definition) is 3. The van der Waals surface area contributed by atoms with Crippen LogP contribution in [0.4, 0.5) is 0 Å². The Bertz CT molecular complexity index is 622. The maximum atomic E-state index is 11.6. The Kier molecular flexibility index (Phi) is 6.42. The molecular formula is C15H23N3O2S. The monoisotopic (exact) mass is 309 g/mol. The van der Waals surface area contributed by atoms with Gasteiger partial charge in [-0.05, 0) is 31.0 Å². The van der Waals surface area contributed by atoms with Gasteiger partial charge in [-0.2, -0.15) is 0 Å². The minimum absolute atomic E-state index is 0.368. The highest BCUT2D eigenvalue weighted by Crippen LogP contribution is 2.17. The Balaban J connectivity index is 2.87. The zero-order valence-corrected chi connectivity index (χ0v) is 13.6. The van der Waals surface area contributed by atoms with E-state index in [1.165, 1.54) is 6.26 Å². The van der Waals surface area contributed by atoms with Crippen LogP contribution in [-0.2, 0) is 16.4 Å². The maximum absolute atomic E-state index is 11.6. The van der Waals surface area contributed by atoms with Gasteiger partial charge in [0.1, 0.15) is 0 Å². The summed E-state index contributed by atoms with van der Waals surface area (Å²) in [6.07, 6.45) is 2.98. The lowest BCUT2D eigenvalue weighted by molar-refractivity contribution is 0.601. The number of aryl methyl sites for hydroxylation is 1. The molecule has 0 aliphatic carbocycles. The van der Waals surface area contributed by atoms with Crippen LogP contribution in [0.5, 0.6) is 0 Å². The van der Waals surface area contributed by atoms with Crippen molar-refractivity contribution in [1.82, 2.24) is 10.6 Å². The molecule has 0 unspecified atom stereocenters. The van der Waals surface area contributed by atoms with Gasteiger partial charge in [0.25, 0.3) is 0 Å². The molecule has 21 heavy (non-hydrogen) atoms. The average Bonchev–Trinajstić information content (AvgIpc) is 2.40. The highest BCUT2D eigenvalue weighted by Gasteiger charge is 2.10. The van der Waals surface area contributed by atoms with Crippen molar-refractivity contribution in [3.05, 3.63) is 42.0 Å². The molecule has 0 fully saturated rings. The Morgan fingerprint density at radius 1 is 1.38 bits per heavy atom. The van der Waals surface area contributed by atoms with Gasteiger partial charge >= 0.3 is 0 Å². The van der Waals surface area contributed by atoms with E-state index in [2.05, 4.69) is 22.2 Å². The SMILES string of the molecule is C=CCNC(=NCc1ccc(S(C)(=O)=O)c(C)c1)NCC. The van der Waals surface area contributed by atoms with Crippen LogP contribution < -0.4 is 10.6 Å². The number of sulfone groups is 1. The van der Waals surface area contributed by atoms with E-state index < -0.39 is 9.84 Å². The van der Waals surface area contributed by atoms with Gasteiger partial charge in [0.05, 0.1) is 11.4 Å². The van der Waals surface area contributed by atoms with Crippen LogP contribution in [0.25, 0.3) is 0 Å². The number of guanidine groups is 1. The van der Waals surface area contributed by atoms with Crippen LogP contribution in [0.15, 0.2) is 40.7 Å². The van der Waals surface area contributed by atoms with Crippen molar-refractivity contribution < 1.29 is 8.42 Å². The molecule has 1 aromatic carbocycles. The van der Waals surface area contributed by atoms with Crippen molar-refractivity contribution in [2.45, 2.75) is 25.3 Å². The second kappa shape index (κ2) is 7.83. The van der Waals surface area contributed by atoms with Gasteiger partial charge in [-0.25, -0.2) is 13.4 Å². The topological polar surface area (TPSA) is 70.6 Å².